The van der Waals surface area contributed by atoms with Crippen molar-refractivity contribution in [2.75, 3.05) is 39.3 Å². The van der Waals surface area contributed by atoms with Crippen LogP contribution in [0.5, 0.6) is 0 Å². The van der Waals surface area contributed by atoms with Gasteiger partial charge in [-0.05, 0) is 49.0 Å². The van der Waals surface area contributed by atoms with Crippen LogP contribution < -0.4 is 10.0 Å². The van der Waals surface area contributed by atoms with Gasteiger partial charge < -0.3 is 10.2 Å². The van der Waals surface area contributed by atoms with Gasteiger partial charge in [-0.1, -0.05) is 0 Å². The van der Waals surface area contributed by atoms with Gasteiger partial charge in [0.25, 0.3) is 0 Å². The van der Waals surface area contributed by atoms with Crippen LogP contribution in [0.2, 0.25) is 0 Å². The van der Waals surface area contributed by atoms with Gasteiger partial charge in [-0.15, -0.1) is 0 Å². The van der Waals surface area contributed by atoms with Crippen molar-refractivity contribution in [2.24, 2.45) is 0 Å². The van der Waals surface area contributed by atoms with Crippen molar-refractivity contribution in [1.29, 1.82) is 0 Å². The molecule has 1 saturated heterocycles. The second-order valence-electron chi connectivity index (χ2n) is 5.36. The Balaban J connectivity index is 1.81. The van der Waals surface area contributed by atoms with E-state index in [2.05, 4.69) is 14.9 Å². The molecule has 10 heteroatoms. The molecule has 1 aromatic rings. The van der Waals surface area contributed by atoms with Crippen LogP contribution in [0, 0.1) is 0 Å². The number of halogens is 3. The van der Waals surface area contributed by atoms with E-state index in [1.165, 1.54) is 12.1 Å². The molecule has 0 unspecified atom stereocenters. The minimum atomic E-state index is -4.39. The smallest absolute Gasteiger partial charge is 0.314 e. The fourth-order valence-corrected chi connectivity index (χ4v) is 3.96. The van der Waals surface area contributed by atoms with E-state index >= 15 is 0 Å². The first-order chi connectivity index (χ1) is 11.3. The van der Waals surface area contributed by atoms with Crippen LogP contribution in [0.25, 0.3) is 0 Å². The van der Waals surface area contributed by atoms with Crippen molar-refractivity contribution in [2.45, 2.75) is 21.7 Å². The summed E-state index contributed by atoms with van der Waals surface area (Å²) in [4.78, 5) is 2.19. The summed E-state index contributed by atoms with van der Waals surface area (Å²) in [7, 11) is -3.70. The van der Waals surface area contributed by atoms with E-state index in [0.717, 1.165) is 44.9 Å². The number of sulfonamides is 1. The Morgan fingerprint density at radius 2 is 1.79 bits per heavy atom. The first-order valence-electron chi connectivity index (χ1n) is 7.55. The monoisotopic (exact) mass is 383 g/mol. The van der Waals surface area contributed by atoms with Gasteiger partial charge in [0.1, 0.15) is 0 Å². The Labute approximate surface area is 144 Å². The highest BCUT2D eigenvalue weighted by atomic mass is 32.2. The summed E-state index contributed by atoms with van der Waals surface area (Å²) in [6, 6.07) is 4.69. The molecule has 1 fully saturated rings. The van der Waals surface area contributed by atoms with Crippen molar-refractivity contribution < 1.29 is 21.6 Å². The number of piperazine rings is 1. The third kappa shape index (κ3) is 6.60. The van der Waals surface area contributed by atoms with Gasteiger partial charge >= 0.3 is 5.51 Å². The second-order valence-corrected chi connectivity index (χ2v) is 8.27. The van der Waals surface area contributed by atoms with Crippen LogP contribution in [0.4, 0.5) is 13.2 Å². The highest BCUT2D eigenvalue weighted by molar-refractivity contribution is 8.00. The van der Waals surface area contributed by atoms with E-state index in [1.54, 1.807) is 0 Å². The van der Waals surface area contributed by atoms with Gasteiger partial charge in [-0.2, -0.15) is 13.2 Å². The maximum atomic E-state index is 12.3. The number of nitrogens with zero attached hydrogens (tertiary/aromatic N) is 1. The minimum absolute atomic E-state index is 0.0313. The average Bonchev–Trinajstić information content (AvgIpc) is 2.52. The van der Waals surface area contributed by atoms with E-state index < -0.39 is 15.5 Å². The summed E-state index contributed by atoms with van der Waals surface area (Å²) in [6.45, 7) is 4.88. The summed E-state index contributed by atoms with van der Waals surface area (Å²) in [6.07, 6.45) is 0.682. The van der Waals surface area contributed by atoms with Crippen LogP contribution >= 0.6 is 11.8 Å². The molecule has 1 aliphatic heterocycles. The quantitative estimate of drug-likeness (QED) is 0.556. The maximum Gasteiger partial charge on any atom is 0.446 e. The molecular weight excluding hydrogens is 363 g/mol. The van der Waals surface area contributed by atoms with Crippen LogP contribution in [0.3, 0.4) is 0 Å². The second kappa shape index (κ2) is 8.52. The molecule has 1 aliphatic rings. The number of hydrogen-bond acceptors (Lipinski definition) is 5. The molecular formula is C14H20F3N3O2S2. The van der Waals surface area contributed by atoms with Gasteiger partial charge in [0.05, 0.1) is 4.90 Å². The molecule has 2 N–H and O–H groups in total. The summed E-state index contributed by atoms with van der Waals surface area (Å²) < 4.78 is 63.5. The molecule has 136 valence electrons. The van der Waals surface area contributed by atoms with Gasteiger partial charge in [0.2, 0.25) is 10.0 Å². The molecule has 0 atom stereocenters. The predicted octanol–water partition coefficient (Wildman–Crippen LogP) is 1.87. The van der Waals surface area contributed by atoms with Crippen molar-refractivity contribution in [3.05, 3.63) is 24.3 Å². The maximum absolute atomic E-state index is 12.3. The first-order valence-corrected chi connectivity index (χ1v) is 9.85. The molecule has 0 bridgehead atoms. The molecule has 0 saturated carbocycles. The fraction of sp³-hybridized carbons (Fsp3) is 0.571. The standard InChI is InChI=1S/C14H20F3N3O2S2/c15-14(16,17)23-12-2-4-13(5-3-12)24(21,22)19-6-1-9-20-10-7-18-8-11-20/h2-5,18-19H,1,6-11H2. The number of thioether (sulfide) groups is 1. The van der Waals surface area contributed by atoms with Gasteiger partial charge in [0, 0.05) is 37.6 Å². The first kappa shape index (κ1) is 19.5. The van der Waals surface area contributed by atoms with E-state index in [1.807, 2.05) is 0 Å². The lowest BCUT2D eigenvalue weighted by atomic mass is 10.3. The van der Waals surface area contributed by atoms with Crippen molar-refractivity contribution in [3.8, 4) is 0 Å². The topological polar surface area (TPSA) is 61.4 Å². The molecule has 0 spiro atoms. The number of hydrogen-bond donors (Lipinski definition) is 2. The largest absolute Gasteiger partial charge is 0.446 e. The van der Waals surface area contributed by atoms with Crippen molar-refractivity contribution in [3.63, 3.8) is 0 Å². The predicted molar refractivity (Wildman–Crippen MR) is 87.5 cm³/mol. The molecule has 0 radical (unpaired) electrons. The molecule has 24 heavy (non-hydrogen) atoms. The average molecular weight is 383 g/mol. The molecule has 1 heterocycles. The Hall–Kier alpha value is -0.810. The van der Waals surface area contributed by atoms with Crippen LogP contribution in [0.15, 0.2) is 34.1 Å². The van der Waals surface area contributed by atoms with Crippen LogP contribution in [-0.2, 0) is 10.0 Å². The molecule has 5 nitrogen and oxygen atoms in total. The normalized spacial score (nSPS) is 17.1. The highest BCUT2D eigenvalue weighted by Gasteiger charge is 2.29. The molecule has 1 aromatic carbocycles. The van der Waals surface area contributed by atoms with E-state index in [9.17, 15) is 21.6 Å². The zero-order valence-corrected chi connectivity index (χ0v) is 14.6. The number of nitrogens with one attached hydrogen (secondary N) is 2. The van der Waals surface area contributed by atoms with Gasteiger partial charge in [0.15, 0.2) is 0 Å². The molecule has 0 aliphatic carbocycles. The molecule has 0 amide bonds. The minimum Gasteiger partial charge on any atom is -0.314 e. The third-order valence-electron chi connectivity index (χ3n) is 3.52. The Bertz CT molecular complexity index is 615. The van der Waals surface area contributed by atoms with Crippen LogP contribution in [-0.4, -0.2) is 58.1 Å². The molecule has 2 rings (SSSR count). The zero-order chi connectivity index (χ0) is 17.6. The Morgan fingerprint density at radius 1 is 1.17 bits per heavy atom. The Morgan fingerprint density at radius 3 is 2.38 bits per heavy atom. The third-order valence-corrected chi connectivity index (χ3v) is 5.74. The molecule has 0 aromatic heterocycles. The van der Waals surface area contributed by atoms with Gasteiger partial charge in [-0.3, -0.25) is 0 Å². The summed E-state index contributed by atoms with van der Waals surface area (Å²) >= 11 is -0.269. The zero-order valence-electron chi connectivity index (χ0n) is 13.0. The lowest BCUT2D eigenvalue weighted by Crippen LogP contribution is -2.44. The highest BCUT2D eigenvalue weighted by Crippen LogP contribution is 2.36. The number of rotatable bonds is 7. The lowest BCUT2D eigenvalue weighted by molar-refractivity contribution is -0.0328. The van der Waals surface area contributed by atoms with E-state index in [-0.39, 0.29) is 21.6 Å². The van der Waals surface area contributed by atoms with E-state index in [4.69, 9.17) is 0 Å². The summed E-state index contributed by atoms with van der Waals surface area (Å²) in [5, 5.41) is 3.24. The van der Waals surface area contributed by atoms with Crippen molar-refractivity contribution in [1.82, 2.24) is 14.9 Å². The van der Waals surface area contributed by atoms with Gasteiger partial charge in [-0.25, -0.2) is 13.1 Å². The Kier molecular flexibility index (Phi) is 6.93. The lowest BCUT2D eigenvalue weighted by Gasteiger charge is -2.27. The van der Waals surface area contributed by atoms with Crippen molar-refractivity contribution >= 4 is 21.8 Å². The van der Waals surface area contributed by atoms with E-state index in [0.29, 0.717) is 13.0 Å². The van der Waals surface area contributed by atoms with Crippen LogP contribution in [0.1, 0.15) is 6.42 Å². The number of alkyl halides is 3. The fourth-order valence-electron chi connectivity index (χ4n) is 2.35. The number of benzene rings is 1. The summed E-state index contributed by atoms with van der Waals surface area (Å²) in [5.74, 6) is 0. The SMILES string of the molecule is O=S(=O)(NCCCN1CCNCC1)c1ccc(SC(F)(F)F)cc1. The summed E-state index contributed by atoms with van der Waals surface area (Å²) in [5.41, 5.74) is -4.39.